The van der Waals surface area contributed by atoms with Gasteiger partial charge in [-0.1, -0.05) is 18.2 Å². The first kappa shape index (κ1) is 31.3. The smallest absolute Gasteiger partial charge is 0.271 e. The van der Waals surface area contributed by atoms with Crippen molar-refractivity contribution in [1.82, 2.24) is 24.9 Å². The van der Waals surface area contributed by atoms with Crippen LogP contribution in [0.25, 0.3) is 16.9 Å². The molecule has 48 heavy (non-hydrogen) atoms. The minimum atomic E-state index is -1.07. The first-order chi connectivity index (χ1) is 23.3. The topological polar surface area (TPSA) is 124 Å². The van der Waals surface area contributed by atoms with Crippen LogP contribution in [0.4, 0.5) is 26.0 Å². The number of alkyl halides is 1. The van der Waals surface area contributed by atoms with Gasteiger partial charge in [0.25, 0.3) is 5.91 Å². The van der Waals surface area contributed by atoms with Gasteiger partial charge in [-0.25, -0.2) is 18.3 Å². The molecule has 1 saturated carbocycles. The Morgan fingerprint density at radius 2 is 1.81 bits per heavy atom. The normalized spacial score (nSPS) is 17.4. The fourth-order valence-corrected chi connectivity index (χ4v) is 5.58. The number of fused-ring (bicyclic) bond motifs is 1. The van der Waals surface area contributed by atoms with Crippen LogP contribution in [0.15, 0.2) is 67.0 Å². The van der Waals surface area contributed by atoms with Crippen molar-refractivity contribution in [3.63, 3.8) is 0 Å². The molecule has 1 amide bonds. The minimum absolute atomic E-state index is 0.123. The predicted octanol–water partition coefficient (Wildman–Crippen LogP) is 5.21. The maximum Gasteiger partial charge on any atom is 0.271 e. The third-order valence-corrected chi connectivity index (χ3v) is 8.18. The van der Waals surface area contributed by atoms with Gasteiger partial charge < -0.3 is 34.5 Å². The molecule has 1 saturated heterocycles. The summed E-state index contributed by atoms with van der Waals surface area (Å²) in [5.74, 6) is 0.295. The number of rotatable bonds is 11. The number of ether oxygens (including phenoxy) is 4. The number of anilines is 3. The number of halogens is 2. The fourth-order valence-electron chi connectivity index (χ4n) is 5.58. The molecule has 0 bridgehead atoms. The first-order valence-electron chi connectivity index (χ1n) is 15.3. The number of amides is 1. The van der Waals surface area contributed by atoms with Crippen molar-refractivity contribution in [2.24, 2.45) is 0 Å². The number of nitrogens with zero attached hydrogens (tertiary/aromatic N) is 5. The van der Waals surface area contributed by atoms with Crippen LogP contribution in [-0.2, 0) is 16.0 Å². The van der Waals surface area contributed by atoms with Gasteiger partial charge in [0.2, 0.25) is 0 Å². The van der Waals surface area contributed by atoms with Crippen molar-refractivity contribution in [2.75, 3.05) is 44.7 Å². The molecule has 3 aromatic heterocycles. The van der Waals surface area contributed by atoms with Crippen LogP contribution in [0.2, 0.25) is 0 Å². The number of hydrogen-bond acceptors (Lipinski definition) is 10. The van der Waals surface area contributed by atoms with Crippen LogP contribution in [0.1, 0.15) is 34.3 Å². The molecular formula is C34H33F2N7O5. The van der Waals surface area contributed by atoms with Gasteiger partial charge in [-0.15, -0.1) is 5.10 Å². The van der Waals surface area contributed by atoms with Gasteiger partial charge in [0.05, 0.1) is 56.7 Å². The van der Waals surface area contributed by atoms with Crippen LogP contribution >= 0.6 is 0 Å². The SMILES string of the molecule is COc1ccc(CN(C)c2cc(Nc3cc(F)cc(-c4ccc(C5OCCO5)cn4)c3OC)nn3c(C(=O)N[C@@H]4C[C@@H]4F)cnc23)cc1. The van der Waals surface area contributed by atoms with E-state index in [0.29, 0.717) is 48.1 Å². The highest BCUT2D eigenvalue weighted by molar-refractivity contribution is 5.94. The number of pyridine rings is 1. The number of benzene rings is 2. The zero-order valence-corrected chi connectivity index (χ0v) is 26.4. The van der Waals surface area contributed by atoms with Gasteiger partial charge in [0.15, 0.2) is 29.2 Å². The summed E-state index contributed by atoms with van der Waals surface area (Å²) < 4.78 is 52.4. The van der Waals surface area contributed by atoms with Gasteiger partial charge in [-0.05, 0) is 29.8 Å². The quantitative estimate of drug-likeness (QED) is 0.196. The minimum Gasteiger partial charge on any atom is -0.497 e. The molecule has 5 aromatic rings. The highest BCUT2D eigenvalue weighted by Gasteiger charge is 2.39. The summed E-state index contributed by atoms with van der Waals surface area (Å²) in [4.78, 5) is 24.1. The zero-order chi connectivity index (χ0) is 33.4. The van der Waals surface area contributed by atoms with Gasteiger partial charge in [-0.2, -0.15) is 0 Å². The average molecular weight is 658 g/mol. The van der Waals surface area contributed by atoms with E-state index in [1.807, 2.05) is 42.3 Å². The maximum absolute atomic E-state index is 15.2. The van der Waals surface area contributed by atoms with Crippen molar-refractivity contribution < 1.29 is 32.5 Å². The Labute approximate surface area is 274 Å². The Bertz CT molecular complexity index is 1950. The molecule has 0 radical (unpaired) electrons. The second-order valence-corrected chi connectivity index (χ2v) is 11.5. The predicted molar refractivity (Wildman–Crippen MR) is 173 cm³/mol. The van der Waals surface area contributed by atoms with Crippen LogP contribution in [-0.4, -0.2) is 72.2 Å². The van der Waals surface area contributed by atoms with Gasteiger partial charge in [-0.3, -0.25) is 9.78 Å². The molecule has 14 heteroatoms. The van der Waals surface area contributed by atoms with Crippen molar-refractivity contribution in [1.29, 1.82) is 0 Å². The number of methoxy groups -OCH3 is 2. The van der Waals surface area contributed by atoms with Crippen LogP contribution in [0.5, 0.6) is 11.5 Å². The van der Waals surface area contributed by atoms with E-state index < -0.39 is 30.2 Å². The molecule has 1 aliphatic heterocycles. The third-order valence-electron chi connectivity index (χ3n) is 8.18. The van der Waals surface area contributed by atoms with Crippen molar-refractivity contribution >= 4 is 28.7 Å². The van der Waals surface area contributed by atoms with Crippen LogP contribution in [0.3, 0.4) is 0 Å². The van der Waals surface area contributed by atoms with E-state index in [0.717, 1.165) is 16.9 Å². The Morgan fingerprint density at radius 1 is 1.04 bits per heavy atom. The van der Waals surface area contributed by atoms with E-state index in [2.05, 4.69) is 25.7 Å². The number of imidazole rings is 1. The molecule has 2 aromatic carbocycles. The van der Waals surface area contributed by atoms with Gasteiger partial charge in [0, 0.05) is 49.5 Å². The fraction of sp³-hybridized carbons (Fsp3) is 0.294. The molecule has 4 heterocycles. The number of aromatic nitrogens is 4. The maximum atomic E-state index is 15.2. The summed E-state index contributed by atoms with van der Waals surface area (Å²) in [6.45, 7) is 1.48. The molecule has 2 atom stereocenters. The van der Waals surface area contributed by atoms with Crippen molar-refractivity contribution in [2.45, 2.75) is 31.5 Å². The Morgan fingerprint density at radius 3 is 2.48 bits per heavy atom. The zero-order valence-electron chi connectivity index (χ0n) is 26.4. The second-order valence-electron chi connectivity index (χ2n) is 11.5. The molecular weight excluding hydrogens is 624 g/mol. The summed E-state index contributed by atoms with van der Waals surface area (Å²) >= 11 is 0. The molecule has 0 unspecified atom stereocenters. The third kappa shape index (κ3) is 6.31. The van der Waals surface area contributed by atoms with Gasteiger partial charge in [0.1, 0.15) is 17.7 Å². The largest absolute Gasteiger partial charge is 0.497 e. The Hall–Kier alpha value is -5.34. The Kier molecular flexibility index (Phi) is 8.50. The highest BCUT2D eigenvalue weighted by atomic mass is 19.1. The van der Waals surface area contributed by atoms with E-state index in [4.69, 9.17) is 18.9 Å². The number of carbonyl (C=O) groups excluding carboxylic acids is 1. The average Bonchev–Trinajstić information content (AvgIpc) is 3.45. The summed E-state index contributed by atoms with van der Waals surface area (Å²) in [7, 11) is 4.97. The Balaban J connectivity index is 1.26. The summed E-state index contributed by atoms with van der Waals surface area (Å²) in [6.07, 6.45) is 1.73. The number of hydrogen-bond donors (Lipinski definition) is 2. The molecule has 2 aliphatic rings. The second kappa shape index (κ2) is 13.0. The lowest BCUT2D eigenvalue weighted by Crippen LogP contribution is -2.28. The van der Waals surface area contributed by atoms with Gasteiger partial charge >= 0.3 is 0 Å². The number of carbonyl (C=O) groups is 1. The van der Waals surface area contributed by atoms with E-state index >= 15 is 4.39 Å². The lowest BCUT2D eigenvalue weighted by atomic mass is 10.1. The van der Waals surface area contributed by atoms with Crippen molar-refractivity contribution in [3.05, 3.63) is 89.6 Å². The lowest BCUT2D eigenvalue weighted by molar-refractivity contribution is -0.0443. The van der Waals surface area contributed by atoms with E-state index in [-0.39, 0.29) is 23.6 Å². The standard InChI is InChI=1S/C34H33F2N7O5/c1-42(18-19-4-7-22(45-2)8-5-19)28-15-30(41-43-29(17-38-32(28)43)33(44)40-26-14-24(26)36)39-27-13-21(35)12-23(31(27)46-3)25-9-6-20(16-37-25)34-47-10-11-48-34/h4-9,12-13,15-17,24,26,34H,10-11,14,18H2,1-3H3,(H,39,41)(H,40,44)/t24-,26+/m0/s1. The molecule has 1 aliphatic carbocycles. The molecule has 0 spiro atoms. The number of nitrogens with one attached hydrogen (secondary N) is 2. The van der Waals surface area contributed by atoms with E-state index in [1.165, 1.54) is 30.0 Å². The summed E-state index contributed by atoms with van der Waals surface area (Å²) in [5, 5.41) is 10.5. The summed E-state index contributed by atoms with van der Waals surface area (Å²) in [6, 6.07) is 15.1. The lowest BCUT2D eigenvalue weighted by Gasteiger charge is -2.22. The monoisotopic (exact) mass is 657 g/mol. The molecule has 2 fully saturated rings. The molecule has 248 valence electrons. The summed E-state index contributed by atoms with van der Waals surface area (Å²) in [5.41, 5.74) is 4.06. The molecule has 7 rings (SSSR count). The van der Waals surface area contributed by atoms with Crippen molar-refractivity contribution in [3.8, 4) is 22.8 Å². The first-order valence-corrected chi connectivity index (χ1v) is 15.3. The van der Waals surface area contributed by atoms with E-state index in [9.17, 15) is 9.18 Å². The van der Waals surface area contributed by atoms with Crippen LogP contribution in [0, 0.1) is 5.82 Å². The molecule has 2 N–H and O–H groups in total. The highest BCUT2D eigenvalue weighted by Crippen LogP contribution is 2.39. The molecule has 12 nitrogen and oxygen atoms in total. The van der Waals surface area contributed by atoms with E-state index in [1.54, 1.807) is 25.4 Å². The van der Waals surface area contributed by atoms with Crippen LogP contribution < -0.4 is 25.0 Å².